The van der Waals surface area contributed by atoms with E-state index in [0.717, 1.165) is 55.6 Å². The molecule has 2 aromatic carbocycles. The standard InChI is InChI=1S/C21H20ClNO3S/c1-12-10-14(11-13(2)18(12)22)26-8-6-16-15-4-3-5-17-19(15)23(7-9-27-17)20(16)21(24)25/h3-5,10-11H,6-9H2,1-2H3,(H,24,25). The molecule has 2 heterocycles. The first-order valence-corrected chi connectivity index (χ1v) is 10.2. The van der Waals surface area contributed by atoms with Crippen LogP contribution in [0.5, 0.6) is 5.75 Å². The zero-order valence-electron chi connectivity index (χ0n) is 15.2. The Morgan fingerprint density at radius 3 is 2.74 bits per heavy atom. The highest BCUT2D eigenvalue weighted by Crippen LogP contribution is 2.37. The Morgan fingerprint density at radius 1 is 1.30 bits per heavy atom. The van der Waals surface area contributed by atoms with Crippen molar-refractivity contribution >= 4 is 40.2 Å². The van der Waals surface area contributed by atoms with E-state index in [4.69, 9.17) is 16.3 Å². The maximum Gasteiger partial charge on any atom is 0.352 e. The first-order chi connectivity index (χ1) is 13.0. The minimum absolute atomic E-state index is 0.393. The molecule has 140 valence electrons. The lowest BCUT2D eigenvalue weighted by Crippen LogP contribution is -2.15. The van der Waals surface area contributed by atoms with Gasteiger partial charge < -0.3 is 14.4 Å². The molecule has 0 bridgehead atoms. The molecule has 4 nitrogen and oxygen atoms in total. The number of benzene rings is 2. The molecule has 0 aliphatic carbocycles. The second-order valence-electron chi connectivity index (χ2n) is 6.75. The van der Waals surface area contributed by atoms with Gasteiger partial charge in [-0.05, 0) is 48.7 Å². The highest BCUT2D eigenvalue weighted by atomic mass is 35.5. The number of para-hydroxylation sites is 1. The van der Waals surface area contributed by atoms with E-state index >= 15 is 0 Å². The van der Waals surface area contributed by atoms with Gasteiger partial charge in [-0.25, -0.2) is 4.79 Å². The van der Waals surface area contributed by atoms with Crippen LogP contribution in [-0.4, -0.2) is 28.0 Å². The molecule has 1 N–H and O–H groups in total. The van der Waals surface area contributed by atoms with Crippen LogP contribution < -0.4 is 4.74 Å². The topological polar surface area (TPSA) is 51.5 Å². The van der Waals surface area contributed by atoms with E-state index < -0.39 is 5.97 Å². The molecule has 1 aliphatic rings. The predicted octanol–water partition coefficient (Wildman–Crippen LogP) is 5.34. The van der Waals surface area contributed by atoms with Crippen molar-refractivity contribution in [3.05, 3.63) is 57.7 Å². The molecular weight excluding hydrogens is 382 g/mol. The first-order valence-electron chi connectivity index (χ1n) is 8.87. The minimum Gasteiger partial charge on any atom is -0.493 e. The van der Waals surface area contributed by atoms with Crippen molar-refractivity contribution in [2.45, 2.75) is 31.7 Å². The Kier molecular flexibility index (Phi) is 4.82. The van der Waals surface area contributed by atoms with E-state index in [1.807, 2.05) is 42.7 Å². The molecule has 0 radical (unpaired) electrons. The summed E-state index contributed by atoms with van der Waals surface area (Å²) in [6.45, 7) is 5.04. The number of carboxylic acids is 1. The molecule has 27 heavy (non-hydrogen) atoms. The number of thioether (sulfide) groups is 1. The highest BCUT2D eigenvalue weighted by Gasteiger charge is 2.25. The van der Waals surface area contributed by atoms with Crippen LogP contribution in [-0.2, 0) is 13.0 Å². The number of hydrogen-bond donors (Lipinski definition) is 1. The summed E-state index contributed by atoms with van der Waals surface area (Å²) in [5.41, 5.74) is 4.23. The SMILES string of the molecule is Cc1cc(OCCc2c(C(=O)O)n3c4c(cccc24)SCC3)cc(C)c1Cl. The normalized spacial score (nSPS) is 13.1. The number of rotatable bonds is 5. The number of carboxylic acid groups (broad SMARTS) is 1. The molecule has 0 amide bonds. The monoisotopic (exact) mass is 401 g/mol. The smallest absolute Gasteiger partial charge is 0.352 e. The lowest BCUT2D eigenvalue weighted by molar-refractivity contribution is 0.0684. The Balaban J connectivity index is 1.66. The van der Waals surface area contributed by atoms with Crippen molar-refractivity contribution in [1.29, 1.82) is 0 Å². The van der Waals surface area contributed by atoms with Gasteiger partial charge in [0, 0.05) is 34.0 Å². The largest absolute Gasteiger partial charge is 0.493 e. The number of halogens is 1. The van der Waals surface area contributed by atoms with E-state index in [2.05, 4.69) is 6.07 Å². The zero-order valence-corrected chi connectivity index (χ0v) is 16.8. The van der Waals surface area contributed by atoms with Crippen LogP contribution in [0.3, 0.4) is 0 Å². The molecule has 4 rings (SSSR count). The number of carbonyl (C=O) groups is 1. The van der Waals surface area contributed by atoms with Crippen LogP contribution in [0.1, 0.15) is 27.2 Å². The van der Waals surface area contributed by atoms with Gasteiger partial charge in [-0.3, -0.25) is 0 Å². The van der Waals surface area contributed by atoms with Gasteiger partial charge in [-0.1, -0.05) is 23.7 Å². The summed E-state index contributed by atoms with van der Waals surface area (Å²) in [5, 5.41) is 11.6. The number of aryl methyl sites for hydroxylation is 3. The lowest BCUT2D eigenvalue weighted by atomic mass is 10.1. The molecule has 0 atom stereocenters. The fourth-order valence-electron chi connectivity index (χ4n) is 3.79. The van der Waals surface area contributed by atoms with Crippen molar-refractivity contribution in [2.24, 2.45) is 0 Å². The third-order valence-corrected chi connectivity index (χ3v) is 6.58. The number of ether oxygens (including phenoxy) is 1. The quantitative estimate of drug-likeness (QED) is 0.627. The zero-order chi connectivity index (χ0) is 19.1. The summed E-state index contributed by atoms with van der Waals surface area (Å²) < 4.78 is 7.89. The van der Waals surface area contributed by atoms with Crippen LogP contribution in [0.4, 0.5) is 0 Å². The summed E-state index contributed by atoms with van der Waals surface area (Å²) >= 11 is 8.00. The van der Waals surface area contributed by atoms with Crippen LogP contribution in [0.25, 0.3) is 10.9 Å². The molecule has 0 fully saturated rings. The molecule has 3 aromatic rings. The Bertz CT molecular complexity index is 1030. The first kappa shape index (κ1) is 18.3. The van der Waals surface area contributed by atoms with Crippen LogP contribution in [0.2, 0.25) is 5.02 Å². The van der Waals surface area contributed by atoms with E-state index in [-0.39, 0.29) is 0 Å². The van der Waals surface area contributed by atoms with Crippen LogP contribution in [0, 0.1) is 13.8 Å². The van der Waals surface area contributed by atoms with Gasteiger partial charge >= 0.3 is 5.97 Å². The molecule has 6 heteroatoms. The maximum atomic E-state index is 12.0. The Hall–Kier alpha value is -2.11. The molecule has 0 saturated carbocycles. The molecule has 0 saturated heterocycles. The van der Waals surface area contributed by atoms with Crippen LogP contribution >= 0.6 is 23.4 Å². The molecule has 0 unspecified atom stereocenters. The number of hydrogen-bond acceptors (Lipinski definition) is 3. The van der Waals surface area contributed by atoms with Gasteiger partial charge in [0.2, 0.25) is 0 Å². The van der Waals surface area contributed by atoms with E-state index in [1.54, 1.807) is 11.8 Å². The third-order valence-electron chi connectivity index (χ3n) is 4.96. The lowest BCUT2D eigenvalue weighted by Gasteiger charge is -2.16. The second kappa shape index (κ2) is 7.13. The van der Waals surface area contributed by atoms with Crippen molar-refractivity contribution in [3.63, 3.8) is 0 Å². The van der Waals surface area contributed by atoms with Crippen LogP contribution in [0.15, 0.2) is 35.2 Å². The minimum atomic E-state index is -0.878. The van der Waals surface area contributed by atoms with Gasteiger partial charge in [0.15, 0.2) is 0 Å². The Labute approximate surface area is 167 Å². The van der Waals surface area contributed by atoms with Crippen molar-refractivity contribution in [2.75, 3.05) is 12.4 Å². The summed E-state index contributed by atoms with van der Waals surface area (Å²) in [6.07, 6.45) is 0.542. The highest BCUT2D eigenvalue weighted by molar-refractivity contribution is 7.99. The fourth-order valence-corrected chi connectivity index (χ4v) is 4.93. The van der Waals surface area contributed by atoms with Gasteiger partial charge in [0.1, 0.15) is 11.4 Å². The summed E-state index contributed by atoms with van der Waals surface area (Å²) in [6, 6.07) is 9.91. The van der Waals surface area contributed by atoms with Gasteiger partial charge in [0.25, 0.3) is 0 Å². The van der Waals surface area contributed by atoms with Crippen molar-refractivity contribution in [3.8, 4) is 5.75 Å². The third kappa shape index (κ3) is 3.19. The molecule has 0 spiro atoms. The molecule has 1 aliphatic heterocycles. The number of aromatic carboxylic acids is 1. The summed E-state index contributed by atoms with van der Waals surface area (Å²) in [4.78, 5) is 13.1. The van der Waals surface area contributed by atoms with Crippen molar-refractivity contribution < 1.29 is 14.6 Å². The molecular formula is C21H20ClNO3S. The molecule has 1 aromatic heterocycles. The van der Waals surface area contributed by atoms with Gasteiger partial charge in [0.05, 0.1) is 12.1 Å². The summed E-state index contributed by atoms with van der Waals surface area (Å²) in [7, 11) is 0. The average Bonchev–Trinajstić information content (AvgIpc) is 2.96. The van der Waals surface area contributed by atoms with Crippen molar-refractivity contribution in [1.82, 2.24) is 4.57 Å². The Morgan fingerprint density at radius 2 is 2.04 bits per heavy atom. The second-order valence-corrected chi connectivity index (χ2v) is 8.27. The number of aromatic nitrogens is 1. The van der Waals surface area contributed by atoms with E-state index in [9.17, 15) is 9.90 Å². The fraction of sp³-hybridized carbons (Fsp3) is 0.286. The maximum absolute atomic E-state index is 12.0. The van der Waals surface area contributed by atoms with E-state index in [0.29, 0.717) is 18.7 Å². The van der Waals surface area contributed by atoms with Gasteiger partial charge in [-0.2, -0.15) is 0 Å². The number of nitrogens with zero attached hydrogens (tertiary/aromatic N) is 1. The summed E-state index contributed by atoms with van der Waals surface area (Å²) in [5.74, 6) is 0.771. The average molecular weight is 402 g/mol. The van der Waals surface area contributed by atoms with E-state index in [1.165, 1.54) is 0 Å². The van der Waals surface area contributed by atoms with Gasteiger partial charge in [-0.15, -0.1) is 11.8 Å². The predicted molar refractivity (Wildman–Crippen MR) is 110 cm³/mol.